The van der Waals surface area contributed by atoms with E-state index in [2.05, 4.69) is 123 Å². The van der Waals surface area contributed by atoms with Crippen LogP contribution in [0.15, 0.2) is 128 Å². The summed E-state index contributed by atoms with van der Waals surface area (Å²) in [6.07, 6.45) is 3.80. The molecule has 3 nitrogen and oxygen atoms in total. The highest BCUT2D eigenvalue weighted by molar-refractivity contribution is 6.26. The number of aromatic nitrogens is 3. The second-order valence-electron chi connectivity index (χ2n) is 10.1. The lowest BCUT2D eigenvalue weighted by molar-refractivity contribution is 1.29. The first kappa shape index (κ1) is 20.0. The summed E-state index contributed by atoms with van der Waals surface area (Å²) in [7, 11) is 0. The summed E-state index contributed by atoms with van der Waals surface area (Å²) >= 11 is 0. The first-order chi connectivity index (χ1) is 18.9. The molecule has 5 aromatic carbocycles. The van der Waals surface area contributed by atoms with Crippen molar-refractivity contribution in [2.24, 2.45) is 0 Å². The van der Waals surface area contributed by atoms with Gasteiger partial charge in [-0.3, -0.25) is 4.98 Å². The third-order valence-corrected chi connectivity index (χ3v) is 8.11. The van der Waals surface area contributed by atoms with E-state index in [9.17, 15) is 0 Å². The molecule has 9 aromatic rings. The van der Waals surface area contributed by atoms with Gasteiger partial charge < -0.3 is 8.80 Å². The molecule has 0 aliphatic rings. The van der Waals surface area contributed by atoms with E-state index in [1.165, 1.54) is 71.0 Å². The van der Waals surface area contributed by atoms with Gasteiger partial charge in [-0.25, -0.2) is 0 Å². The Bertz CT molecular complexity index is 2390. The fourth-order valence-electron chi connectivity index (χ4n) is 6.58. The van der Waals surface area contributed by atoms with Crippen molar-refractivity contribution in [2.45, 2.75) is 0 Å². The fraction of sp³-hybridized carbons (Fsp3) is 0. The zero-order valence-corrected chi connectivity index (χ0v) is 20.5. The number of fused-ring (bicyclic) bond motifs is 10. The summed E-state index contributed by atoms with van der Waals surface area (Å²) in [6, 6.07) is 42.0. The third kappa shape index (κ3) is 2.45. The van der Waals surface area contributed by atoms with Crippen molar-refractivity contribution in [3.8, 4) is 11.1 Å². The van der Waals surface area contributed by atoms with E-state index in [0.29, 0.717) is 0 Å². The van der Waals surface area contributed by atoms with Gasteiger partial charge in [-0.1, -0.05) is 72.8 Å². The lowest BCUT2D eigenvalue weighted by atomic mass is 9.99. The molecular formula is C35H21N3. The Morgan fingerprint density at radius 1 is 0.395 bits per heavy atom. The molecule has 0 N–H and O–H groups in total. The van der Waals surface area contributed by atoms with Crippen LogP contribution in [0.4, 0.5) is 0 Å². The first-order valence-corrected chi connectivity index (χ1v) is 13.0. The van der Waals surface area contributed by atoms with E-state index in [-0.39, 0.29) is 0 Å². The molecule has 0 saturated carbocycles. The summed E-state index contributed by atoms with van der Waals surface area (Å²) in [6.45, 7) is 0. The molecule has 4 aromatic heterocycles. The maximum atomic E-state index is 4.44. The van der Waals surface area contributed by atoms with Gasteiger partial charge in [0.25, 0.3) is 0 Å². The molecule has 0 aliphatic carbocycles. The molecule has 0 aliphatic heterocycles. The minimum absolute atomic E-state index is 1.12. The number of para-hydroxylation sites is 5. The van der Waals surface area contributed by atoms with Crippen LogP contribution in [0, 0.1) is 0 Å². The Labute approximate surface area is 217 Å². The first-order valence-electron chi connectivity index (χ1n) is 13.0. The highest BCUT2D eigenvalue weighted by Crippen LogP contribution is 2.42. The molecule has 0 atom stereocenters. The van der Waals surface area contributed by atoms with E-state index in [4.69, 9.17) is 0 Å². The largest absolute Gasteiger partial charge is 0.307 e. The van der Waals surface area contributed by atoms with E-state index in [1.807, 2.05) is 18.5 Å². The van der Waals surface area contributed by atoms with Gasteiger partial charge in [0.2, 0.25) is 0 Å². The molecule has 0 amide bonds. The fourth-order valence-corrected chi connectivity index (χ4v) is 6.58. The van der Waals surface area contributed by atoms with Crippen molar-refractivity contribution in [3.05, 3.63) is 128 Å². The Kier molecular flexibility index (Phi) is 3.79. The maximum Gasteiger partial charge on any atom is 0.0703 e. The molecule has 38 heavy (non-hydrogen) atoms. The van der Waals surface area contributed by atoms with E-state index < -0.39 is 0 Å². The second kappa shape index (κ2) is 7.21. The number of hydrogen-bond acceptors (Lipinski definition) is 1. The minimum Gasteiger partial charge on any atom is -0.307 e. The van der Waals surface area contributed by atoms with Crippen LogP contribution in [0.3, 0.4) is 0 Å². The van der Waals surface area contributed by atoms with E-state index in [0.717, 1.165) is 5.56 Å². The van der Waals surface area contributed by atoms with Crippen LogP contribution in [0.25, 0.3) is 76.5 Å². The van der Waals surface area contributed by atoms with Crippen LogP contribution < -0.4 is 0 Å². The van der Waals surface area contributed by atoms with Crippen LogP contribution in [0.1, 0.15) is 0 Å². The Hall–Kier alpha value is -5.15. The average molecular weight is 484 g/mol. The van der Waals surface area contributed by atoms with Gasteiger partial charge in [-0.2, -0.15) is 0 Å². The Morgan fingerprint density at radius 2 is 0.895 bits per heavy atom. The monoisotopic (exact) mass is 483 g/mol. The van der Waals surface area contributed by atoms with Crippen molar-refractivity contribution >= 4 is 65.4 Å². The standard InChI is InChI=1S/C35H21N3/c1-3-14-30-24(10-1)26-12-7-13-27-29-20-23(22-9-8-18-36-21-22)19-28-25-11-2-4-15-31(25)38(35(28)29)33-17-6-5-16-32(33)37(30)34(26)27/h1-21H. The highest BCUT2D eigenvalue weighted by Gasteiger charge is 2.19. The Balaban J connectivity index is 1.72. The highest BCUT2D eigenvalue weighted by atomic mass is 15.0. The van der Waals surface area contributed by atoms with Crippen LogP contribution in [0.5, 0.6) is 0 Å². The van der Waals surface area contributed by atoms with Crippen molar-refractivity contribution in [1.82, 2.24) is 13.8 Å². The molecule has 0 spiro atoms. The lowest BCUT2D eigenvalue weighted by Gasteiger charge is -2.12. The van der Waals surface area contributed by atoms with Gasteiger partial charge in [-0.05, 0) is 48.0 Å². The summed E-state index contributed by atoms with van der Waals surface area (Å²) in [5, 5.41) is 7.54. The molecule has 3 heteroatoms. The van der Waals surface area contributed by atoms with Gasteiger partial charge in [-0.15, -0.1) is 0 Å². The molecule has 9 rings (SSSR count). The van der Waals surface area contributed by atoms with Crippen LogP contribution >= 0.6 is 0 Å². The zero-order chi connectivity index (χ0) is 24.8. The molecule has 176 valence electrons. The number of hydrogen-bond donors (Lipinski definition) is 0. The normalized spacial score (nSPS) is 12.2. The molecular weight excluding hydrogens is 462 g/mol. The van der Waals surface area contributed by atoms with E-state index >= 15 is 0 Å². The number of pyridine rings is 1. The number of benzene rings is 5. The van der Waals surface area contributed by atoms with E-state index in [1.54, 1.807) is 0 Å². The molecule has 0 radical (unpaired) electrons. The second-order valence-corrected chi connectivity index (χ2v) is 10.1. The average Bonchev–Trinajstić information content (AvgIpc) is 3.49. The predicted molar refractivity (Wildman–Crippen MR) is 159 cm³/mol. The summed E-state index contributed by atoms with van der Waals surface area (Å²) in [5.74, 6) is 0. The maximum absolute atomic E-state index is 4.44. The van der Waals surface area contributed by atoms with Crippen molar-refractivity contribution in [3.63, 3.8) is 0 Å². The Morgan fingerprint density at radius 3 is 1.53 bits per heavy atom. The summed E-state index contributed by atoms with van der Waals surface area (Å²) in [4.78, 5) is 4.44. The number of rotatable bonds is 1. The quantitative estimate of drug-likeness (QED) is 0.228. The van der Waals surface area contributed by atoms with Gasteiger partial charge >= 0.3 is 0 Å². The predicted octanol–water partition coefficient (Wildman–Crippen LogP) is 9.02. The van der Waals surface area contributed by atoms with Crippen LogP contribution in [-0.2, 0) is 0 Å². The van der Waals surface area contributed by atoms with Gasteiger partial charge in [0.15, 0.2) is 0 Å². The molecule has 0 saturated heterocycles. The third-order valence-electron chi connectivity index (χ3n) is 8.11. The summed E-state index contributed by atoms with van der Waals surface area (Å²) < 4.78 is 4.94. The van der Waals surface area contributed by atoms with Crippen LogP contribution in [0.2, 0.25) is 0 Å². The van der Waals surface area contributed by atoms with Crippen molar-refractivity contribution in [2.75, 3.05) is 0 Å². The van der Waals surface area contributed by atoms with Gasteiger partial charge in [0, 0.05) is 50.3 Å². The molecule has 4 heterocycles. The topological polar surface area (TPSA) is 21.7 Å². The summed E-state index contributed by atoms with van der Waals surface area (Å²) in [5.41, 5.74) is 9.61. The lowest BCUT2D eigenvalue weighted by Crippen LogP contribution is -1.94. The van der Waals surface area contributed by atoms with Crippen LogP contribution in [-0.4, -0.2) is 13.8 Å². The number of nitrogens with zero attached hydrogens (tertiary/aromatic N) is 3. The molecule has 0 unspecified atom stereocenters. The molecule has 0 bridgehead atoms. The van der Waals surface area contributed by atoms with Crippen molar-refractivity contribution < 1.29 is 0 Å². The molecule has 0 fully saturated rings. The van der Waals surface area contributed by atoms with Crippen molar-refractivity contribution in [1.29, 1.82) is 0 Å². The van der Waals surface area contributed by atoms with Gasteiger partial charge in [0.05, 0.1) is 33.1 Å². The SMILES string of the molecule is c1cncc(-c2cc3c4ccccc4n4c5ccccc5n5c6ccccc6c6cccc(c(c2)c34)c65)c1. The van der Waals surface area contributed by atoms with Gasteiger partial charge in [0.1, 0.15) is 0 Å². The zero-order valence-electron chi connectivity index (χ0n) is 20.5. The smallest absolute Gasteiger partial charge is 0.0703 e. The minimum atomic E-state index is 1.12.